The van der Waals surface area contributed by atoms with Crippen LogP contribution in [-0.4, -0.2) is 26.1 Å². The number of fused-ring (bicyclic) bond motifs is 1. The van der Waals surface area contributed by atoms with Crippen molar-refractivity contribution in [2.45, 2.75) is 137 Å². The Hall–Kier alpha value is -2.73. The van der Waals surface area contributed by atoms with Gasteiger partial charge in [-0.25, -0.2) is 0 Å². The predicted octanol–water partition coefficient (Wildman–Crippen LogP) is 10.4. The summed E-state index contributed by atoms with van der Waals surface area (Å²) in [6.07, 6.45) is 10.1. The highest BCUT2D eigenvalue weighted by Gasteiger charge is 2.60. The average Bonchev–Trinajstić information content (AvgIpc) is 3.43. The van der Waals surface area contributed by atoms with E-state index in [2.05, 4.69) is 126 Å². The molecule has 0 bridgehead atoms. The van der Waals surface area contributed by atoms with Gasteiger partial charge in [-0.05, 0) is 106 Å². The molecule has 272 valence electrons. The number of ketones is 1. The van der Waals surface area contributed by atoms with Crippen molar-refractivity contribution < 1.29 is 14.0 Å². The summed E-state index contributed by atoms with van der Waals surface area (Å²) < 4.78 is 7.47. The summed E-state index contributed by atoms with van der Waals surface area (Å²) in [5.74, 6) is 2.38. The first-order valence-corrected chi connectivity index (χ1v) is 21.5. The number of carbonyl (C=O) groups is 2. The summed E-state index contributed by atoms with van der Waals surface area (Å²) in [6, 6.07) is 21.4. The number of Topliss-reactive ketones (excluding diaryl/α,β-unsaturated/α-hetero) is 1. The van der Waals surface area contributed by atoms with Gasteiger partial charge in [0.15, 0.2) is 0 Å². The van der Waals surface area contributed by atoms with E-state index in [9.17, 15) is 9.59 Å². The van der Waals surface area contributed by atoms with E-state index in [1.54, 1.807) is 0 Å². The third-order valence-corrected chi connectivity index (χ3v) is 18.9. The maximum atomic E-state index is 14.7. The van der Waals surface area contributed by atoms with Gasteiger partial charge in [0.25, 0.3) is 8.32 Å². The second kappa shape index (κ2) is 15.5. The van der Waals surface area contributed by atoms with Gasteiger partial charge in [0.1, 0.15) is 5.78 Å². The summed E-state index contributed by atoms with van der Waals surface area (Å²) >= 11 is 0. The molecule has 0 saturated heterocycles. The highest BCUT2D eigenvalue weighted by molar-refractivity contribution is 6.99. The molecule has 0 N–H and O–H groups in total. The van der Waals surface area contributed by atoms with Gasteiger partial charge in [-0.15, -0.1) is 0 Å². The van der Waals surface area contributed by atoms with Crippen LogP contribution in [0.5, 0.6) is 0 Å². The maximum absolute atomic E-state index is 14.7. The van der Waals surface area contributed by atoms with Crippen LogP contribution >= 0.6 is 0 Å². The highest BCUT2D eigenvalue weighted by Crippen LogP contribution is 2.65. The van der Waals surface area contributed by atoms with E-state index in [1.165, 1.54) is 36.1 Å². The van der Waals surface area contributed by atoms with E-state index >= 15 is 0 Å². The third kappa shape index (κ3) is 7.43. The molecule has 2 aromatic carbocycles. The van der Waals surface area contributed by atoms with E-state index in [0.717, 1.165) is 38.0 Å². The summed E-state index contributed by atoms with van der Waals surface area (Å²) in [6.45, 7) is 18.6. The average molecular weight is 698 g/mol. The van der Waals surface area contributed by atoms with Gasteiger partial charge in [0, 0.05) is 23.2 Å². The number of nitrogens with zero attached hydrogens (tertiary/aromatic N) is 3. The lowest BCUT2D eigenvalue weighted by Crippen LogP contribution is -2.68. The lowest BCUT2D eigenvalue weighted by Gasteiger charge is -2.55. The minimum Gasteiger partial charge on any atom is -0.404 e. The SMILES string of the molecule is CC(C)CCC[C@@H](C)[C@H]1CC[C@H]2[C@H](CC(=O)N=[N+]=[N-])[C@@H]([C@@]3(C)CC[C@H](O[Si](c4ccccc4)(c4ccccc4)C(C)(C)C)CC3=O)CC[C@]12C. The van der Waals surface area contributed by atoms with E-state index in [-0.39, 0.29) is 46.5 Å². The molecule has 0 radical (unpaired) electrons. The topological polar surface area (TPSA) is 92.1 Å². The molecule has 1 amide bonds. The minimum atomic E-state index is -2.80. The number of hydrogen-bond acceptors (Lipinski definition) is 3. The Bertz CT molecular complexity index is 1480. The van der Waals surface area contributed by atoms with Gasteiger partial charge in [-0.2, -0.15) is 0 Å². The highest BCUT2D eigenvalue weighted by atomic mass is 28.4. The largest absolute Gasteiger partial charge is 0.404 e. The first-order chi connectivity index (χ1) is 23.7. The Balaban J connectivity index is 1.41. The molecule has 50 heavy (non-hydrogen) atoms. The van der Waals surface area contributed by atoms with Crippen molar-refractivity contribution in [3.63, 3.8) is 0 Å². The van der Waals surface area contributed by atoms with Crippen LogP contribution in [-0.2, 0) is 14.0 Å². The molecule has 3 saturated carbocycles. The standard InChI is InChI=1S/C43H63N3O3Si/c1-30(2)16-15-17-31(3)36-22-23-37-35(29-40(48)45-46-44)38(25-27-42(36,37)7)43(8)26-24-32(28-39(43)47)49-50(41(4,5)6,33-18-11-9-12-19-33)34-20-13-10-14-21-34/h9-14,18-21,30-32,35-38H,15-17,22-29H2,1-8H3/t31-,32+,35+,36-,37+,38+,42-,43-/m1/s1. The Morgan fingerprint density at radius 3 is 2.08 bits per heavy atom. The van der Waals surface area contributed by atoms with E-state index in [1.807, 2.05) is 0 Å². The van der Waals surface area contributed by atoms with Gasteiger partial charge in [0.2, 0.25) is 5.91 Å². The number of benzene rings is 2. The fourth-order valence-electron chi connectivity index (χ4n) is 11.3. The quantitative estimate of drug-likeness (QED) is 0.0956. The molecule has 7 heteroatoms. The lowest BCUT2D eigenvalue weighted by molar-refractivity contribution is -0.146. The monoisotopic (exact) mass is 697 g/mol. The molecule has 3 aliphatic rings. The van der Waals surface area contributed by atoms with Gasteiger partial charge in [0.05, 0.1) is 6.10 Å². The Morgan fingerprint density at radius 2 is 1.54 bits per heavy atom. The first kappa shape index (κ1) is 38.5. The van der Waals surface area contributed by atoms with Crippen molar-refractivity contribution in [1.82, 2.24) is 0 Å². The van der Waals surface area contributed by atoms with Gasteiger partial charge in [-0.3, -0.25) is 9.59 Å². The van der Waals surface area contributed by atoms with Crippen molar-refractivity contribution in [2.24, 2.45) is 51.5 Å². The van der Waals surface area contributed by atoms with E-state index in [4.69, 9.17) is 9.96 Å². The van der Waals surface area contributed by atoms with Gasteiger partial charge >= 0.3 is 0 Å². The predicted molar refractivity (Wildman–Crippen MR) is 207 cm³/mol. The smallest absolute Gasteiger partial charge is 0.261 e. The number of hydrogen-bond donors (Lipinski definition) is 0. The van der Waals surface area contributed by atoms with Crippen molar-refractivity contribution in [1.29, 1.82) is 0 Å². The summed E-state index contributed by atoms with van der Waals surface area (Å²) in [5.41, 5.74) is 8.77. The molecule has 2 aromatic rings. The fraction of sp³-hybridized carbons (Fsp3) is 0.674. The van der Waals surface area contributed by atoms with Crippen molar-refractivity contribution >= 4 is 30.4 Å². The Kier molecular flexibility index (Phi) is 11.9. The fourth-order valence-corrected chi connectivity index (χ4v) is 16.0. The molecule has 8 atom stereocenters. The molecular weight excluding hydrogens is 635 g/mol. The van der Waals surface area contributed by atoms with E-state index < -0.39 is 13.7 Å². The molecule has 0 heterocycles. The van der Waals surface area contributed by atoms with Gasteiger partial charge in [-0.1, -0.05) is 135 Å². The number of azide groups is 1. The second-order valence-electron chi connectivity index (χ2n) is 18.2. The summed E-state index contributed by atoms with van der Waals surface area (Å²) in [5, 5.41) is 5.87. The molecule has 0 aliphatic heterocycles. The lowest BCUT2D eigenvalue weighted by atomic mass is 9.49. The second-order valence-corrected chi connectivity index (χ2v) is 22.4. The van der Waals surface area contributed by atoms with E-state index in [0.29, 0.717) is 24.2 Å². The molecular formula is C43H63N3O3Si. The molecule has 0 aromatic heterocycles. The van der Waals surface area contributed by atoms with Crippen LogP contribution in [0.3, 0.4) is 0 Å². The number of carbonyl (C=O) groups excluding carboxylic acids is 2. The third-order valence-electron chi connectivity index (χ3n) is 13.8. The number of rotatable bonds is 12. The molecule has 6 nitrogen and oxygen atoms in total. The maximum Gasteiger partial charge on any atom is 0.261 e. The molecule has 0 spiro atoms. The zero-order valence-electron chi connectivity index (χ0n) is 32.2. The van der Waals surface area contributed by atoms with Crippen LogP contribution in [0.2, 0.25) is 5.04 Å². The van der Waals surface area contributed by atoms with Crippen molar-refractivity contribution in [3.05, 3.63) is 71.1 Å². The van der Waals surface area contributed by atoms with Crippen LogP contribution in [0.15, 0.2) is 65.8 Å². The van der Waals surface area contributed by atoms with Crippen LogP contribution in [0.25, 0.3) is 10.4 Å². The Morgan fingerprint density at radius 1 is 0.920 bits per heavy atom. The number of amides is 1. The zero-order chi connectivity index (χ0) is 36.3. The zero-order valence-corrected chi connectivity index (χ0v) is 33.2. The van der Waals surface area contributed by atoms with Crippen LogP contribution < -0.4 is 10.4 Å². The van der Waals surface area contributed by atoms with Crippen LogP contribution in [0.4, 0.5) is 0 Å². The summed E-state index contributed by atoms with van der Waals surface area (Å²) in [4.78, 5) is 30.6. The molecule has 5 rings (SSSR count). The van der Waals surface area contributed by atoms with Crippen LogP contribution in [0.1, 0.15) is 126 Å². The Labute approximate surface area is 303 Å². The van der Waals surface area contributed by atoms with Gasteiger partial charge < -0.3 is 4.43 Å². The van der Waals surface area contributed by atoms with Crippen LogP contribution in [0, 0.1) is 46.3 Å². The first-order valence-electron chi connectivity index (χ1n) is 19.6. The minimum absolute atomic E-state index is 0.0442. The molecule has 3 fully saturated rings. The van der Waals surface area contributed by atoms with Crippen molar-refractivity contribution in [3.8, 4) is 0 Å². The normalized spacial score (nSPS) is 30.8. The van der Waals surface area contributed by atoms with Crippen molar-refractivity contribution in [2.75, 3.05) is 0 Å². The molecule has 0 unspecified atom stereocenters. The summed E-state index contributed by atoms with van der Waals surface area (Å²) in [7, 11) is -2.80. The molecule has 3 aliphatic carbocycles.